The molecule has 0 radical (unpaired) electrons. The Kier molecular flexibility index (Phi) is 3.78. The van der Waals surface area contributed by atoms with Crippen LogP contribution < -0.4 is 10.6 Å². The molecule has 3 rings (SSSR count). The highest BCUT2D eigenvalue weighted by Gasteiger charge is 2.20. The fourth-order valence-electron chi connectivity index (χ4n) is 1.96. The molecule has 5 nitrogen and oxygen atoms in total. The summed E-state index contributed by atoms with van der Waals surface area (Å²) in [5.74, 6) is 0.0318. The van der Waals surface area contributed by atoms with Crippen molar-refractivity contribution in [2.45, 2.75) is 25.4 Å². The van der Waals surface area contributed by atoms with Crippen molar-refractivity contribution in [3.05, 3.63) is 48.3 Å². The van der Waals surface area contributed by atoms with E-state index in [9.17, 15) is 4.79 Å². The molecule has 1 aromatic heterocycles. The van der Waals surface area contributed by atoms with E-state index in [1.165, 1.54) is 12.8 Å². The van der Waals surface area contributed by atoms with Crippen molar-refractivity contribution in [1.82, 2.24) is 20.4 Å². The van der Waals surface area contributed by atoms with Crippen LogP contribution in [0.5, 0.6) is 0 Å². The van der Waals surface area contributed by atoms with Crippen molar-refractivity contribution >= 4 is 5.91 Å². The minimum atomic E-state index is 0.0318. The van der Waals surface area contributed by atoms with Gasteiger partial charge in [-0.2, -0.15) is 5.10 Å². The van der Waals surface area contributed by atoms with Crippen LogP contribution in [-0.4, -0.2) is 28.3 Å². The van der Waals surface area contributed by atoms with Crippen LogP contribution in [0, 0.1) is 0 Å². The molecule has 0 saturated heterocycles. The topological polar surface area (TPSA) is 59.0 Å². The summed E-state index contributed by atoms with van der Waals surface area (Å²) >= 11 is 0. The number of amides is 1. The van der Waals surface area contributed by atoms with E-state index in [4.69, 9.17) is 0 Å². The fourth-order valence-corrected chi connectivity index (χ4v) is 1.96. The zero-order valence-electron chi connectivity index (χ0n) is 11.2. The second-order valence-electron chi connectivity index (χ2n) is 5.06. The van der Waals surface area contributed by atoms with Crippen molar-refractivity contribution in [3.8, 4) is 5.69 Å². The predicted octanol–water partition coefficient (Wildman–Crippen LogP) is 1.24. The first kappa shape index (κ1) is 12.9. The first-order chi connectivity index (χ1) is 9.81. The van der Waals surface area contributed by atoms with Crippen molar-refractivity contribution in [1.29, 1.82) is 0 Å². The van der Waals surface area contributed by atoms with Gasteiger partial charge in [0, 0.05) is 24.3 Å². The second-order valence-corrected chi connectivity index (χ2v) is 5.06. The molecule has 0 atom stereocenters. The lowest BCUT2D eigenvalue weighted by atomic mass is 10.3. The molecule has 0 aliphatic heterocycles. The molecule has 0 spiro atoms. The Morgan fingerprint density at radius 3 is 2.85 bits per heavy atom. The third kappa shape index (κ3) is 3.45. The highest BCUT2D eigenvalue weighted by atomic mass is 16.1. The van der Waals surface area contributed by atoms with E-state index in [2.05, 4.69) is 15.7 Å². The summed E-state index contributed by atoms with van der Waals surface area (Å²) in [5.41, 5.74) is 2.01. The van der Waals surface area contributed by atoms with Gasteiger partial charge in [0.15, 0.2) is 0 Å². The smallest absolute Gasteiger partial charge is 0.234 e. The molecule has 5 heteroatoms. The standard InChI is InChI=1S/C15H18N4O/c20-15(10-16-13-6-7-13)17-8-12-9-18-19(11-12)14-4-2-1-3-5-14/h1-5,9,11,13,16H,6-8,10H2,(H,17,20). The van der Waals surface area contributed by atoms with Gasteiger partial charge in [-0.3, -0.25) is 4.79 Å². The molecular weight excluding hydrogens is 252 g/mol. The van der Waals surface area contributed by atoms with Gasteiger partial charge in [0.1, 0.15) is 0 Å². The van der Waals surface area contributed by atoms with Gasteiger partial charge >= 0.3 is 0 Å². The lowest BCUT2D eigenvalue weighted by molar-refractivity contribution is -0.120. The summed E-state index contributed by atoms with van der Waals surface area (Å²) in [6.45, 7) is 0.912. The van der Waals surface area contributed by atoms with Gasteiger partial charge in [-0.05, 0) is 25.0 Å². The second kappa shape index (κ2) is 5.88. The van der Waals surface area contributed by atoms with Crippen molar-refractivity contribution < 1.29 is 4.79 Å². The molecule has 20 heavy (non-hydrogen) atoms. The number of nitrogens with one attached hydrogen (secondary N) is 2. The van der Waals surface area contributed by atoms with Crippen molar-refractivity contribution in [2.24, 2.45) is 0 Å². The first-order valence-electron chi connectivity index (χ1n) is 6.90. The Balaban J connectivity index is 1.50. The fraction of sp³-hybridized carbons (Fsp3) is 0.333. The molecule has 1 heterocycles. The molecule has 1 fully saturated rings. The van der Waals surface area contributed by atoms with E-state index >= 15 is 0 Å². The summed E-state index contributed by atoms with van der Waals surface area (Å²) < 4.78 is 1.81. The molecule has 104 valence electrons. The van der Waals surface area contributed by atoms with Crippen LogP contribution in [0.4, 0.5) is 0 Å². The summed E-state index contributed by atoms with van der Waals surface area (Å²) in [7, 11) is 0. The quantitative estimate of drug-likeness (QED) is 0.830. The Morgan fingerprint density at radius 2 is 2.10 bits per heavy atom. The normalized spacial score (nSPS) is 14.2. The first-order valence-corrected chi connectivity index (χ1v) is 6.90. The van der Waals surface area contributed by atoms with E-state index < -0.39 is 0 Å². The number of rotatable bonds is 6. The van der Waals surface area contributed by atoms with Gasteiger partial charge in [-0.1, -0.05) is 18.2 Å². The molecule has 1 amide bonds. The number of carbonyl (C=O) groups excluding carboxylic acids is 1. The molecule has 0 bridgehead atoms. The number of aromatic nitrogens is 2. The van der Waals surface area contributed by atoms with Crippen LogP contribution in [0.2, 0.25) is 0 Å². The van der Waals surface area contributed by atoms with Gasteiger partial charge in [-0.25, -0.2) is 4.68 Å². The molecule has 1 aliphatic carbocycles. The number of hydrogen-bond donors (Lipinski definition) is 2. The lowest BCUT2D eigenvalue weighted by Crippen LogP contribution is -2.34. The maximum absolute atomic E-state index is 11.6. The molecule has 2 N–H and O–H groups in total. The lowest BCUT2D eigenvalue weighted by Gasteiger charge is -2.04. The van der Waals surface area contributed by atoms with Gasteiger partial charge in [-0.15, -0.1) is 0 Å². The molecule has 0 unspecified atom stereocenters. The Hall–Kier alpha value is -2.14. The van der Waals surface area contributed by atoms with Crippen LogP contribution in [0.25, 0.3) is 5.69 Å². The van der Waals surface area contributed by atoms with Crippen LogP contribution in [0.15, 0.2) is 42.7 Å². The number of carbonyl (C=O) groups is 1. The van der Waals surface area contributed by atoms with Crippen molar-refractivity contribution in [2.75, 3.05) is 6.54 Å². The minimum Gasteiger partial charge on any atom is -0.351 e. The highest BCUT2D eigenvalue weighted by molar-refractivity contribution is 5.78. The van der Waals surface area contributed by atoms with E-state index in [0.29, 0.717) is 19.1 Å². The largest absolute Gasteiger partial charge is 0.351 e. The molecule has 1 aliphatic rings. The van der Waals surface area contributed by atoms with Crippen LogP contribution >= 0.6 is 0 Å². The van der Waals surface area contributed by atoms with Gasteiger partial charge in [0.2, 0.25) is 5.91 Å². The SMILES string of the molecule is O=C(CNC1CC1)NCc1cnn(-c2ccccc2)c1. The average molecular weight is 270 g/mol. The van der Waals surface area contributed by atoms with Crippen LogP contribution in [-0.2, 0) is 11.3 Å². The van der Waals surface area contributed by atoms with E-state index in [-0.39, 0.29) is 5.91 Å². The summed E-state index contributed by atoms with van der Waals surface area (Å²) in [6.07, 6.45) is 6.10. The number of hydrogen-bond acceptors (Lipinski definition) is 3. The Bertz CT molecular complexity index is 575. The highest BCUT2D eigenvalue weighted by Crippen LogP contribution is 2.17. The monoisotopic (exact) mass is 270 g/mol. The average Bonchev–Trinajstić information content (AvgIpc) is 3.20. The maximum Gasteiger partial charge on any atom is 0.234 e. The van der Waals surface area contributed by atoms with Crippen LogP contribution in [0.1, 0.15) is 18.4 Å². The maximum atomic E-state index is 11.6. The molecular formula is C15H18N4O. The zero-order valence-corrected chi connectivity index (χ0v) is 11.2. The van der Waals surface area contributed by atoms with E-state index in [0.717, 1.165) is 11.3 Å². The number of nitrogens with zero attached hydrogens (tertiary/aromatic N) is 2. The zero-order chi connectivity index (χ0) is 13.8. The van der Waals surface area contributed by atoms with Gasteiger partial charge < -0.3 is 10.6 Å². The Morgan fingerprint density at radius 1 is 1.30 bits per heavy atom. The number of para-hydroxylation sites is 1. The van der Waals surface area contributed by atoms with Gasteiger partial charge in [0.25, 0.3) is 0 Å². The van der Waals surface area contributed by atoms with Crippen LogP contribution in [0.3, 0.4) is 0 Å². The molecule has 2 aromatic rings. The predicted molar refractivity (Wildman–Crippen MR) is 76.4 cm³/mol. The van der Waals surface area contributed by atoms with E-state index in [1.54, 1.807) is 6.20 Å². The number of benzene rings is 1. The van der Waals surface area contributed by atoms with E-state index in [1.807, 2.05) is 41.2 Å². The summed E-state index contributed by atoms with van der Waals surface area (Å²) in [4.78, 5) is 11.6. The third-order valence-electron chi connectivity index (χ3n) is 3.28. The molecule has 1 saturated carbocycles. The summed E-state index contributed by atoms with van der Waals surface area (Å²) in [5, 5.41) is 10.4. The summed E-state index contributed by atoms with van der Waals surface area (Å²) in [6, 6.07) is 10.5. The molecule has 1 aromatic carbocycles. The minimum absolute atomic E-state index is 0.0318. The van der Waals surface area contributed by atoms with Crippen molar-refractivity contribution in [3.63, 3.8) is 0 Å². The van der Waals surface area contributed by atoms with Gasteiger partial charge in [0.05, 0.1) is 18.4 Å². The third-order valence-corrected chi connectivity index (χ3v) is 3.28. The Labute approximate surface area is 118 Å².